The third kappa shape index (κ3) is 7.48. The third-order valence-corrected chi connectivity index (χ3v) is 14.2. The average molecular weight is 595 g/mol. The molecule has 0 spiro atoms. The molecule has 2 aliphatic heterocycles. The Bertz CT molecular complexity index is 1200. The minimum absolute atomic E-state index is 0.166. The molecule has 0 aromatic heterocycles. The molecular formula is C33H51BN2O5Si. The standard InChI is InChI=1S/C33H51BN2O5Si/c1-31(2,3)42(9,10)39-28-19-20-36(22-28)23-29(35(8)30(37)38-24-25-15-12-11-13-16-25)26-17-14-18-27(21-26)34-40-32(4,5)33(6,7)41-34/h11-18,21,28-29H,19-20,22-24H2,1-10H3/t28-,29+/m0/s1. The molecule has 2 aliphatic rings. The maximum Gasteiger partial charge on any atom is 0.494 e. The summed E-state index contributed by atoms with van der Waals surface area (Å²) in [6.07, 6.45) is 0.853. The summed E-state index contributed by atoms with van der Waals surface area (Å²) in [7, 11) is -0.511. The molecule has 2 heterocycles. The maximum absolute atomic E-state index is 13.4. The van der Waals surface area contributed by atoms with E-state index in [1.54, 1.807) is 4.90 Å². The van der Waals surface area contributed by atoms with Crippen molar-refractivity contribution in [1.29, 1.82) is 0 Å². The van der Waals surface area contributed by atoms with Crippen molar-refractivity contribution in [2.75, 3.05) is 26.7 Å². The highest BCUT2D eigenvalue weighted by molar-refractivity contribution is 6.74. The van der Waals surface area contributed by atoms with Gasteiger partial charge in [-0.15, -0.1) is 0 Å². The Kier molecular flexibility index (Phi) is 9.70. The second kappa shape index (κ2) is 12.4. The zero-order valence-corrected chi connectivity index (χ0v) is 28.4. The summed E-state index contributed by atoms with van der Waals surface area (Å²) >= 11 is 0. The fourth-order valence-corrected chi connectivity index (χ4v) is 6.57. The molecule has 2 atom stereocenters. The lowest BCUT2D eigenvalue weighted by atomic mass is 9.78. The molecule has 0 aliphatic carbocycles. The zero-order valence-electron chi connectivity index (χ0n) is 27.4. The molecular weight excluding hydrogens is 543 g/mol. The van der Waals surface area contributed by atoms with Crippen molar-refractivity contribution in [2.45, 2.75) is 103 Å². The van der Waals surface area contributed by atoms with E-state index in [-0.39, 0.29) is 29.9 Å². The number of likely N-dealkylation sites (tertiary alicyclic amines) is 1. The summed E-state index contributed by atoms with van der Waals surface area (Å²) in [6.45, 7) is 22.4. The molecule has 2 aromatic carbocycles. The van der Waals surface area contributed by atoms with Crippen LogP contribution in [0.1, 0.15) is 72.1 Å². The minimum atomic E-state index is -1.87. The predicted octanol–water partition coefficient (Wildman–Crippen LogP) is 6.39. The highest BCUT2D eigenvalue weighted by atomic mass is 28.4. The van der Waals surface area contributed by atoms with Crippen LogP contribution in [0.25, 0.3) is 0 Å². The third-order valence-electron chi connectivity index (χ3n) is 9.71. The molecule has 0 radical (unpaired) electrons. The van der Waals surface area contributed by atoms with E-state index in [4.69, 9.17) is 18.5 Å². The van der Waals surface area contributed by atoms with Crippen LogP contribution in [0.3, 0.4) is 0 Å². The SMILES string of the molecule is CN(C(=O)OCc1ccccc1)[C@H](CN1CC[C@H](O[Si](C)(C)C(C)(C)C)C1)c1cccc(B2OC(C)(C)C(C)(C)O2)c1. The van der Waals surface area contributed by atoms with Gasteiger partial charge in [0, 0.05) is 26.7 Å². The predicted molar refractivity (Wildman–Crippen MR) is 172 cm³/mol. The van der Waals surface area contributed by atoms with Crippen LogP contribution in [-0.2, 0) is 25.1 Å². The molecule has 2 fully saturated rings. The van der Waals surface area contributed by atoms with Crippen LogP contribution in [0.4, 0.5) is 4.79 Å². The van der Waals surface area contributed by atoms with Gasteiger partial charge in [-0.2, -0.15) is 0 Å². The van der Waals surface area contributed by atoms with Gasteiger partial charge in [-0.3, -0.25) is 4.90 Å². The second-order valence-corrected chi connectivity index (χ2v) is 19.2. The largest absolute Gasteiger partial charge is 0.494 e. The van der Waals surface area contributed by atoms with Crippen molar-refractivity contribution in [3.63, 3.8) is 0 Å². The highest BCUT2D eigenvalue weighted by Crippen LogP contribution is 2.39. The van der Waals surface area contributed by atoms with Gasteiger partial charge in [-0.1, -0.05) is 75.4 Å². The number of ether oxygens (including phenoxy) is 1. The Morgan fingerprint density at radius 2 is 1.71 bits per heavy atom. The van der Waals surface area contributed by atoms with Gasteiger partial charge >= 0.3 is 13.2 Å². The van der Waals surface area contributed by atoms with Crippen molar-refractivity contribution in [2.24, 2.45) is 0 Å². The summed E-state index contributed by atoms with van der Waals surface area (Å²) in [4.78, 5) is 17.5. The van der Waals surface area contributed by atoms with E-state index in [0.717, 1.165) is 36.1 Å². The van der Waals surface area contributed by atoms with E-state index in [2.05, 4.69) is 78.6 Å². The topological polar surface area (TPSA) is 60.5 Å². The molecule has 9 heteroatoms. The first-order valence-corrected chi connectivity index (χ1v) is 18.2. The van der Waals surface area contributed by atoms with E-state index >= 15 is 0 Å². The number of carbonyl (C=O) groups excluding carboxylic acids is 1. The highest BCUT2D eigenvalue weighted by Gasteiger charge is 2.52. The quantitative estimate of drug-likeness (QED) is 0.314. The molecule has 230 valence electrons. The molecule has 42 heavy (non-hydrogen) atoms. The van der Waals surface area contributed by atoms with Crippen LogP contribution in [0, 0.1) is 0 Å². The lowest BCUT2D eigenvalue weighted by Gasteiger charge is -2.38. The first kappa shape index (κ1) is 32.7. The normalized spacial score (nSPS) is 21.4. The molecule has 0 bridgehead atoms. The number of hydrogen-bond acceptors (Lipinski definition) is 6. The minimum Gasteiger partial charge on any atom is -0.445 e. The summed E-state index contributed by atoms with van der Waals surface area (Å²) in [6, 6.07) is 17.8. The maximum atomic E-state index is 13.4. The number of likely N-dealkylation sites (N-methyl/N-ethyl adjacent to an activating group) is 1. The van der Waals surface area contributed by atoms with Crippen LogP contribution < -0.4 is 5.46 Å². The molecule has 1 amide bonds. The Balaban J connectivity index is 1.53. The Morgan fingerprint density at radius 1 is 1.07 bits per heavy atom. The van der Waals surface area contributed by atoms with Gasteiger partial charge in [0.15, 0.2) is 8.32 Å². The number of nitrogens with zero attached hydrogens (tertiary/aromatic N) is 2. The van der Waals surface area contributed by atoms with E-state index in [0.29, 0.717) is 6.54 Å². The van der Waals surface area contributed by atoms with E-state index < -0.39 is 26.6 Å². The van der Waals surface area contributed by atoms with Crippen LogP contribution in [0.2, 0.25) is 18.1 Å². The molecule has 2 saturated heterocycles. The van der Waals surface area contributed by atoms with Gasteiger partial charge in [0.25, 0.3) is 0 Å². The molecule has 2 aromatic rings. The van der Waals surface area contributed by atoms with E-state index in [1.807, 2.05) is 49.5 Å². The van der Waals surface area contributed by atoms with Gasteiger partial charge in [-0.05, 0) is 68.8 Å². The number of rotatable bonds is 9. The van der Waals surface area contributed by atoms with Crippen molar-refractivity contribution < 1.29 is 23.3 Å². The van der Waals surface area contributed by atoms with Gasteiger partial charge in [0.2, 0.25) is 0 Å². The Labute approximate surface area is 255 Å². The number of hydrogen-bond donors (Lipinski definition) is 0. The summed E-state index contributed by atoms with van der Waals surface area (Å²) < 4.78 is 25.2. The van der Waals surface area contributed by atoms with Crippen molar-refractivity contribution in [1.82, 2.24) is 9.80 Å². The first-order chi connectivity index (χ1) is 19.5. The first-order valence-electron chi connectivity index (χ1n) is 15.3. The van der Waals surface area contributed by atoms with Crippen LogP contribution in [-0.4, -0.2) is 75.3 Å². The number of amides is 1. The molecule has 0 saturated carbocycles. The Morgan fingerprint density at radius 3 is 2.33 bits per heavy atom. The molecule has 7 nitrogen and oxygen atoms in total. The lowest BCUT2D eigenvalue weighted by Crippen LogP contribution is -2.45. The molecule has 0 N–H and O–H groups in total. The van der Waals surface area contributed by atoms with Crippen molar-refractivity contribution in [3.05, 3.63) is 65.7 Å². The fourth-order valence-electron chi connectivity index (χ4n) is 5.19. The van der Waals surface area contributed by atoms with Gasteiger partial charge < -0.3 is 23.4 Å². The summed E-state index contributed by atoms with van der Waals surface area (Å²) in [5.41, 5.74) is 2.07. The van der Waals surface area contributed by atoms with Crippen LogP contribution in [0.5, 0.6) is 0 Å². The molecule has 0 unspecified atom stereocenters. The van der Waals surface area contributed by atoms with Gasteiger partial charge in [0.05, 0.1) is 23.3 Å². The smallest absolute Gasteiger partial charge is 0.445 e. The molecule has 4 rings (SSSR count). The summed E-state index contributed by atoms with van der Waals surface area (Å²) in [5.74, 6) is 0. The van der Waals surface area contributed by atoms with Crippen molar-refractivity contribution >= 4 is 27.0 Å². The monoisotopic (exact) mass is 594 g/mol. The fraction of sp³-hybridized carbons (Fsp3) is 0.606. The Hall–Kier alpha value is -2.17. The summed E-state index contributed by atoms with van der Waals surface area (Å²) in [5, 5.41) is 0.166. The average Bonchev–Trinajstić information content (AvgIpc) is 3.44. The lowest BCUT2D eigenvalue weighted by molar-refractivity contribution is 0.00578. The zero-order chi connectivity index (χ0) is 30.9. The van der Waals surface area contributed by atoms with Gasteiger partial charge in [-0.25, -0.2) is 4.79 Å². The number of carbonyl (C=O) groups is 1. The second-order valence-electron chi connectivity index (χ2n) is 14.5. The van der Waals surface area contributed by atoms with E-state index in [9.17, 15) is 4.79 Å². The van der Waals surface area contributed by atoms with E-state index in [1.165, 1.54) is 0 Å². The van der Waals surface area contributed by atoms with Gasteiger partial charge in [0.1, 0.15) is 6.61 Å². The van der Waals surface area contributed by atoms with Crippen LogP contribution in [0.15, 0.2) is 54.6 Å². The van der Waals surface area contributed by atoms with Crippen LogP contribution >= 0.6 is 0 Å². The number of benzene rings is 2. The van der Waals surface area contributed by atoms with Crippen molar-refractivity contribution in [3.8, 4) is 0 Å².